The Morgan fingerprint density at radius 2 is 1.00 bits per heavy atom. The first-order chi connectivity index (χ1) is 25.8. The SMILES string of the molecule is CN(C)CCc1cccc2[nH]cc(S(=O)(=O)c3ccccc3)c12.Cc1ccc(S(=O)(=O)OCCc2cccc3[nH]cc(S(=O)(=O)c4ccccc4)c23)cc1.Cl. The van der Waals surface area contributed by atoms with Gasteiger partial charge in [0.05, 0.1) is 31.1 Å². The van der Waals surface area contributed by atoms with Gasteiger partial charge in [0.15, 0.2) is 0 Å². The van der Waals surface area contributed by atoms with E-state index in [1.54, 1.807) is 91.1 Å². The molecule has 0 aliphatic rings. The van der Waals surface area contributed by atoms with E-state index in [1.165, 1.54) is 18.3 Å². The minimum Gasteiger partial charge on any atom is -0.360 e. The molecule has 0 aliphatic carbocycles. The number of hydrogen-bond acceptors (Lipinski definition) is 8. The van der Waals surface area contributed by atoms with E-state index in [9.17, 15) is 25.3 Å². The van der Waals surface area contributed by atoms with Crippen molar-refractivity contribution in [1.82, 2.24) is 14.9 Å². The molecule has 0 saturated heterocycles. The van der Waals surface area contributed by atoms with Gasteiger partial charge in [0, 0.05) is 40.7 Å². The van der Waals surface area contributed by atoms with Crippen LogP contribution in [0.1, 0.15) is 16.7 Å². The van der Waals surface area contributed by atoms with Gasteiger partial charge < -0.3 is 14.9 Å². The summed E-state index contributed by atoms with van der Waals surface area (Å²) in [7, 11) is -7.13. The number of halogens is 1. The second-order valence-electron chi connectivity index (χ2n) is 13.0. The first kappa shape index (κ1) is 41.4. The third-order valence-corrected chi connectivity index (χ3v) is 13.9. The summed E-state index contributed by atoms with van der Waals surface area (Å²) in [6.07, 6.45) is 4.11. The number of sulfone groups is 2. The van der Waals surface area contributed by atoms with E-state index in [4.69, 9.17) is 4.18 Å². The normalized spacial score (nSPS) is 12.0. The summed E-state index contributed by atoms with van der Waals surface area (Å²) in [6, 6.07) is 34.4. The minimum absolute atomic E-state index is 0. The molecule has 0 amide bonds. The zero-order valence-electron chi connectivity index (χ0n) is 30.5. The lowest BCUT2D eigenvalue weighted by Gasteiger charge is -2.11. The van der Waals surface area contributed by atoms with Crippen molar-refractivity contribution in [3.05, 3.63) is 150 Å². The lowest BCUT2D eigenvalue weighted by molar-refractivity contribution is 0.322. The van der Waals surface area contributed by atoms with E-state index in [0.29, 0.717) is 26.3 Å². The predicted octanol–water partition coefficient (Wildman–Crippen LogP) is 7.78. The Kier molecular flexibility index (Phi) is 13.1. The molecule has 0 fully saturated rings. The maximum absolute atomic E-state index is 13.2. The number of nitrogens with zero attached hydrogens (tertiary/aromatic N) is 1. The predicted molar refractivity (Wildman–Crippen MR) is 218 cm³/mol. The zero-order chi connectivity index (χ0) is 38.5. The van der Waals surface area contributed by atoms with E-state index < -0.39 is 29.8 Å². The molecule has 55 heavy (non-hydrogen) atoms. The van der Waals surface area contributed by atoms with Gasteiger partial charge in [-0.25, -0.2) is 16.8 Å². The Hall–Kier alpha value is -4.76. The quantitative estimate of drug-likeness (QED) is 0.119. The minimum atomic E-state index is -3.89. The van der Waals surface area contributed by atoms with Crippen LogP contribution in [0.2, 0.25) is 0 Å². The summed E-state index contributed by atoms with van der Waals surface area (Å²) in [5.41, 5.74) is 4.20. The van der Waals surface area contributed by atoms with Crippen LogP contribution in [0, 0.1) is 6.92 Å². The number of nitrogens with one attached hydrogen (secondary N) is 2. The van der Waals surface area contributed by atoms with Crippen LogP contribution >= 0.6 is 12.4 Å². The van der Waals surface area contributed by atoms with Gasteiger partial charge in [0.2, 0.25) is 19.7 Å². The molecular formula is C41H42ClN3O7S3. The van der Waals surface area contributed by atoms with Crippen molar-refractivity contribution in [3.8, 4) is 0 Å². The number of benzene rings is 5. The van der Waals surface area contributed by atoms with Crippen LogP contribution in [0.3, 0.4) is 0 Å². The zero-order valence-corrected chi connectivity index (χ0v) is 33.7. The topological polar surface area (TPSA) is 146 Å². The van der Waals surface area contributed by atoms with Crippen LogP contribution in [0.4, 0.5) is 0 Å². The second-order valence-corrected chi connectivity index (χ2v) is 18.5. The molecule has 5 aromatic carbocycles. The second kappa shape index (κ2) is 17.4. The lowest BCUT2D eigenvalue weighted by atomic mass is 10.1. The van der Waals surface area contributed by atoms with Crippen molar-refractivity contribution in [1.29, 1.82) is 0 Å². The van der Waals surface area contributed by atoms with Crippen LogP contribution < -0.4 is 0 Å². The highest BCUT2D eigenvalue weighted by Crippen LogP contribution is 2.32. The molecule has 2 heterocycles. The summed E-state index contributed by atoms with van der Waals surface area (Å²) in [6.45, 7) is 2.64. The average Bonchev–Trinajstić information content (AvgIpc) is 3.82. The van der Waals surface area contributed by atoms with Gasteiger partial charge in [-0.3, -0.25) is 4.18 Å². The maximum atomic E-state index is 13.2. The molecule has 0 saturated carbocycles. The van der Waals surface area contributed by atoms with Crippen molar-refractivity contribution in [2.75, 3.05) is 27.2 Å². The molecule has 0 spiro atoms. The number of H-pyrrole nitrogens is 2. The molecule has 0 radical (unpaired) electrons. The van der Waals surface area contributed by atoms with Crippen LogP contribution in [0.5, 0.6) is 0 Å². The number of aryl methyl sites for hydroxylation is 1. The van der Waals surface area contributed by atoms with Crippen molar-refractivity contribution in [3.63, 3.8) is 0 Å². The summed E-state index contributed by atoms with van der Waals surface area (Å²) in [5.74, 6) is 0. The molecule has 7 rings (SSSR count). The highest BCUT2D eigenvalue weighted by Gasteiger charge is 2.25. The molecular weight excluding hydrogens is 778 g/mol. The van der Waals surface area contributed by atoms with Crippen LogP contribution in [-0.4, -0.2) is 67.4 Å². The Bertz CT molecular complexity index is 2710. The molecule has 2 N–H and O–H groups in total. The van der Waals surface area contributed by atoms with Crippen LogP contribution in [0.15, 0.2) is 158 Å². The van der Waals surface area contributed by atoms with Crippen LogP contribution in [-0.2, 0) is 46.8 Å². The van der Waals surface area contributed by atoms with Crippen molar-refractivity contribution in [2.45, 2.75) is 44.2 Å². The lowest BCUT2D eigenvalue weighted by Crippen LogP contribution is -2.15. The summed E-state index contributed by atoms with van der Waals surface area (Å²) in [4.78, 5) is 9.32. The van der Waals surface area contributed by atoms with Gasteiger partial charge in [0.1, 0.15) is 0 Å². The fourth-order valence-corrected chi connectivity index (χ4v) is 10.0. The molecule has 10 nitrogen and oxygen atoms in total. The first-order valence-electron chi connectivity index (χ1n) is 17.2. The van der Waals surface area contributed by atoms with Crippen molar-refractivity contribution >= 4 is 64.0 Å². The molecule has 0 bridgehead atoms. The Balaban J connectivity index is 0.000000216. The van der Waals surface area contributed by atoms with Crippen LogP contribution in [0.25, 0.3) is 21.8 Å². The summed E-state index contributed by atoms with van der Waals surface area (Å²) in [5, 5.41) is 1.35. The van der Waals surface area contributed by atoms with E-state index >= 15 is 0 Å². The summed E-state index contributed by atoms with van der Waals surface area (Å²) >= 11 is 0. The number of likely N-dealkylation sites (N-methyl/N-ethyl adjacent to an activating group) is 1. The smallest absolute Gasteiger partial charge is 0.296 e. The fourth-order valence-electron chi connectivity index (χ4n) is 6.13. The van der Waals surface area contributed by atoms with E-state index in [1.807, 2.05) is 45.3 Å². The third kappa shape index (κ3) is 9.21. The molecule has 0 atom stereocenters. The third-order valence-electron chi connectivity index (χ3n) is 8.95. The van der Waals surface area contributed by atoms with Gasteiger partial charge in [-0.15, -0.1) is 12.4 Å². The fraction of sp³-hybridized carbons (Fsp3) is 0.171. The number of aromatic amines is 2. The van der Waals surface area contributed by atoms with E-state index in [0.717, 1.165) is 35.0 Å². The van der Waals surface area contributed by atoms with Crippen molar-refractivity contribution < 1.29 is 29.4 Å². The number of hydrogen-bond donors (Lipinski definition) is 2. The maximum Gasteiger partial charge on any atom is 0.296 e. The molecule has 0 unspecified atom stereocenters. The van der Waals surface area contributed by atoms with Gasteiger partial charge in [-0.2, -0.15) is 8.42 Å². The Morgan fingerprint density at radius 3 is 1.45 bits per heavy atom. The molecule has 288 valence electrons. The highest BCUT2D eigenvalue weighted by molar-refractivity contribution is 7.92. The Morgan fingerprint density at radius 1 is 0.545 bits per heavy atom. The largest absolute Gasteiger partial charge is 0.360 e. The first-order valence-corrected chi connectivity index (χ1v) is 21.6. The average molecular weight is 820 g/mol. The number of rotatable bonds is 12. The monoisotopic (exact) mass is 819 g/mol. The summed E-state index contributed by atoms with van der Waals surface area (Å²) < 4.78 is 82.3. The van der Waals surface area contributed by atoms with E-state index in [2.05, 4.69) is 14.9 Å². The number of aromatic nitrogens is 2. The van der Waals surface area contributed by atoms with Gasteiger partial charge in [-0.1, -0.05) is 78.4 Å². The standard InChI is InChI=1S/C23H21NO5S2.C18H20N2O2S.ClH/c1-17-10-12-20(13-11-17)31(27,28)29-15-14-18-6-5-9-21-23(18)22(16-24-21)30(25,26)19-7-3-2-4-8-19;1-20(2)12-11-14-7-6-10-16-18(14)17(13-19-16)23(21,22)15-8-4-3-5-9-15;/h2-13,16,24H,14-15H2,1H3;3-10,13,19H,11-12H2,1-2H3;1H. The van der Waals surface area contributed by atoms with Gasteiger partial charge in [0.25, 0.3) is 10.1 Å². The van der Waals surface area contributed by atoms with E-state index in [-0.39, 0.29) is 40.1 Å². The highest BCUT2D eigenvalue weighted by atomic mass is 35.5. The number of fused-ring (bicyclic) bond motifs is 2. The molecule has 0 aliphatic heterocycles. The molecule has 7 aromatic rings. The van der Waals surface area contributed by atoms with Gasteiger partial charge in [-0.05, 0) is 93.5 Å². The van der Waals surface area contributed by atoms with Crippen molar-refractivity contribution in [2.24, 2.45) is 0 Å². The molecule has 14 heteroatoms. The molecule has 2 aromatic heterocycles. The van der Waals surface area contributed by atoms with Gasteiger partial charge >= 0.3 is 0 Å². The Labute approximate surface area is 328 Å².